The quantitative estimate of drug-likeness (QED) is 0.296. The molecule has 0 spiro atoms. The van der Waals surface area contributed by atoms with E-state index in [1.54, 1.807) is 0 Å². The average Bonchev–Trinajstić information content (AvgIpc) is 3.29. The number of halogens is 3. The summed E-state index contributed by atoms with van der Waals surface area (Å²) in [7, 11) is -4.43. The van der Waals surface area contributed by atoms with Crippen molar-refractivity contribution in [3.63, 3.8) is 0 Å². The van der Waals surface area contributed by atoms with E-state index in [9.17, 15) is 36.6 Å². The molecule has 11 atom stereocenters. The van der Waals surface area contributed by atoms with E-state index in [4.69, 9.17) is 0 Å². The highest BCUT2D eigenvalue weighted by Gasteiger charge is 2.64. The van der Waals surface area contributed by atoms with E-state index in [0.717, 1.165) is 69.6 Å². The van der Waals surface area contributed by atoms with Crippen LogP contribution in [0.2, 0.25) is 0 Å². The van der Waals surface area contributed by atoms with Gasteiger partial charge in [0.15, 0.2) is 0 Å². The Kier molecular flexibility index (Phi) is 9.05. The zero-order valence-corrected chi connectivity index (χ0v) is 26.8. The standard InChI is InChI=1S/C32H47F3N2O6S/c1-5-22-26-15-19(38)11-13-31(26,4)25-12-14-30(3)23(9-10-24(30)27(25)28(22)39)18(2)17-36-29(40)37-44(41,42)21-8-6-7-20(16-21)43-32(33,34)35/h6-8,16,18-19,22-28,38-39H,5,9-15,17H2,1-4H3,(H2,36,37,40)/t18-,19-,22-,23-,24+,25+,26+,27+,28-,30?,31?/m1/s1. The van der Waals surface area contributed by atoms with Crippen molar-refractivity contribution in [3.8, 4) is 5.75 Å². The number of fused-ring (bicyclic) bond motifs is 5. The number of aliphatic hydroxyl groups is 2. The first-order valence-electron chi connectivity index (χ1n) is 16.0. The monoisotopic (exact) mass is 644 g/mol. The van der Waals surface area contributed by atoms with Gasteiger partial charge in [-0.15, -0.1) is 13.2 Å². The van der Waals surface area contributed by atoms with Crippen LogP contribution in [0.4, 0.5) is 18.0 Å². The molecule has 5 rings (SSSR count). The number of hydrogen-bond donors (Lipinski definition) is 4. The first kappa shape index (κ1) is 33.3. The van der Waals surface area contributed by atoms with Gasteiger partial charge in [-0.2, -0.15) is 0 Å². The van der Waals surface area contributed by atoms with Crippen LogP contribution in [0.25, 0.3) is 0 Å². The second kappa shape index (κ2) is 12.0. The highest BCUT2D eigenvalue weighted by atomic mass is 32.2. The zero-order valence-electron chi connectivity index (χ0n) is 25.9. The Hall–Kier alpha value is -2.05. The molecule has 0 heterocycles. The Labute approximate surface area is 258 Å². The molecule has 0 aromatic heterocycles. The number of nitrogens with one attached hydrogen (secondary N) is 2. The Morgan fingerprint density at radius 3 is 2.43 bits per heavy atom. The molecule has 4 saturated carbocycles. The van der Waals surface area contributed by atoms with Crippen molar-refractivity contribution in [1.29, 1.82) is 0 Å². The molecule has 4 fully saturated rings. The molecular weight excluding hydrogens is 597 g/mol. The second-order valence-corrected chi connectivity index (χ2v) is 16.1. The predicted molar refractivity (Wildman–Crippen MR) is 158 cm³/mol. The van der Waals surface area contributed by atoms with Crippen molar-refractivity contribution < 1.29 is 41.3 Å². The number of carbonyl (C=O) groups excluding carboxylic acids is 1. The third-order valence-corrected chi connectivity index (χ3v) is 13.6. The summed E-state index contributed by atoms with van der Waals surface area (Å²) in [6.45, 7) is 9.18. The lowest BCUT2D eigenvalue weighted by atomic mass is 9.41. The average molecular weight is 645 g/mol. The van der Waals surface area contributed by atoms with Gasteiger partial charge in [0.25, 0.3) is 10.0 Å². The summed E-state index contributed by atoms with van der Waals surface area (Å²) >= 11 is 0. The van der Waals surface area contributed by atoms with Crippen LogP contribution in [0.15, 0.2) is 29.2 Å². The Morgan fingerprint density at radius 2 is 1.75 bits per heavy atom. The fourth-order valence-electron chi connectivity index (χ4n) is 10.4. The molecule has 8 nitrogen and oxygen atoms in total. The van der Waals surface area contributed by atoms with Gasteiger partial charge in [0.05, 0.1) is 17.1 Å². The van der Waals surface area contributed by atoms with Crippen molar-refractivity contribution in [3.05, 3.63) is 24.3 Å². The summed E-state index contributed by atoms with van der Waals surface area (Å²) in [6.07, 6.45) is 1.82. The van der Waals surface area contributed by atoms with E-state index in [1.165, 1.54) is 0 Å². The minimum Gasteiger partial charge on any atom is -0.406 e. The molecule has 4 aliphatic rings. The number of urea groups is 1. The fraction of sp³-hybridized carbons (Fsp3) is 0.781. The van der Waals surface area contributed by atoms with Crippen molar-refractivity contribution in [2.45, 2.75) is 103 Å². The number of aliphatic hydroxyl groups excluding tert-OH is 2. The molecule has 2 amide bonds. The van der Waals surface area contributed by atoms with Crippen LogP contribution in [0, 0.1) is 52.3 Å². The number of hydrogen-bond acceptors (Lipinski definition) is 6. The molecule has 0 aliphatic heterocycles. The van der Waals surface area contributed by atoms with Crippen LogP contribution < -0.4 is 14.8 Å². The molecule has 44 heavy (non-hydrogen) atoms. The van der Waals surface area contributed by atoms with Gasteiger partial charge in [-0.05, 0) is 109 Å². The van der Waals surface area contributed by atoms with Crippen molar-refractivity contribution in [2.24, 2.45) is 52.3 Å². The van der Waals surface area contributed by atoms with Crippen molar-refractivity contribution in [1.82, 2.24) is 10.0 Å². The lowest BCUT2D eigenvalue weighted by Crippen LogP contribution is -2.62. The smallest absolute Gasteiger partial charge is 0.406 e. The molecule has 12 heteroatoms. The SMILES string of the molecule is CC[C@H]1[C@@H](O)[C@H]2[C@@H]3CC[C@H]([C@H](C)CNC(=O)NS(=O)(=O)c4cccc(OC(F)(F)F)c4)C3(C)CC[C@@H]2C2(C)CC[C@@H](O)C[C@@H]12. The molecule has 1 aromatic rings. The molecule has 0 saturated heterocycles. The molecule has 0 radical (unpaired) electrons. The molecular formula is C32H47F3N2O6S. The molecule has 4 N–H and O–H groups in total. The van der Waals surface area contributed by atoms with Crippen LogP contribution in [0.3, 0.4) is 0 Å². The van der Waals surface area contributed by atoms with Crippen LogP contribution in [0.5, 0.6) is 5.75 Å². The summed E-state index contributed by atoms with van der Waals surface area (Å²) in [5, 5.41) is 25.1. The number of benzene rings is 1. The highest BCUT2D eigenvalue weighted by Crippen LogP contribution is 2.69. The third-order valence-electron chi connectivity index (χ3n) is 12.3. The van der Waals surface area contributed by atoms with Gasteiger partial charge in [-0.3, -0.25) is 0 Å². The van der Waals surface area contributed by atoms with Crippen molar-refractivity contribution in [2.75, 3.05) is 6.54 Å². The van der Waals surface area contributed by atoms with Gasteiger partial charge in [-0.25, -0.2) is 17.9 Å². The third kappa shape index (κ3) is 6.07. The lowest BCUT2D eigenvalue weighted by Gasteiger charge is -2.64. The number of carbonyl (C=O) groups is 1. The maximum atomic E-state index is 12.7. The minimum absolute atomic E-state index is 0.0274. The molecule has 0 bridgehead atoms. The second-order valence-electron chi connectivity index (χ2n) is 14.4. The van der Waals surface area contributed by atoms with Gasteiger partial charge < -0.3 is 20.3 Å². The van der Waals surface area contributed by atoms with Crippen molar-refractivity contribution >= 4 is 16.1 Å². The van der Waals surface area contributed by atoms with Crippen LogP contribution >= 0.6 is 0 Å². The Bertz CT molecular complexity index is 1330. The zero-order chi connectivity index (χ0) is 32.2. The number of alkyl halides is 3. The Morgan fingerprint density at radius 1 is 1.07 bits per heavy atom. The van der Waals surface area contributed by atoms with Gasteiger partial charge in [0.2, 0.25) is 0 Å². The largest absolute Gasteiger partial charge is 0.573 e. The first-order chi connectivity index (χ1) is 20.5. The number of rotatable bonds is 7. The van der Waals surface area contributed by atoms with E-state index < -0.39 is 39.2 Å². The van der Waals surface area contributed by atoms with E-state index in [0.29, 0.717) is 23.8 Å². The van der Waals surface area contributed by atoms with Crippen LogP contribution in [-0.2, 0) is 10.0 Å². The topological polar surface area (TPSA) is 125 Å². The van der Waals surface area contributed by atoms with Gasteiger partial charge in [0, 0.05) is 12.6 Å². The number of sulfonamides is 1. The Balaban J connectivity index is 1.24. The highest BCUT2D eigenvalue weighted by molar-refractivity contribution is 7.90. The maximum absolute atomic E-state index is 12.7. The van der Waals surface area contributed by atoms with E-state index >= 15 is 0 Å². The summed E-state index contributed by atoms with van der Waals surface area (Å²) in [6, 6.07) is 2.92. The normalized spacial score (nSPS) is 39.4. The maximum Gasteiger partial charge on any atom is 0.573 e. The molecule has 248 valence electrons. The summed E-state index contributed by atoms with van der Waals surface area (Å²) < 4.78 is 68.8. The van der Waals surface area contributed by atoms with E-state index in [1.807, 2.05) is 4.72 Å². The molecule has 1 aromatic carbocycles. The minimum atomic E-state index is -4.98. The van der Waals surface area contributed by atoms with E-state index in [-0.39, 0.29) is 47.2 Å². The van der Waals surface area contributed by atoms with Crippen LogP contribution in [0.1, 0.15) is 79.1 Å². The van der Waals surface area contributed by atoms with Gasteiger partial charge in [-0.1, -0.05) is 40.2 Å². The summed E-state index contributed by atoms with van der Waals surface area (Å²) in [5.74, 6) is 1.07. The lowest BCUT2D eigenvalue weighted by molar-refractivity contribution is -0.274. The predicted octanol–water partition coefficient (Wildman–Crippen LogP) is 5.84. The van der Waals surface area contributed by atoms with Crippen LogP contribution in [-0.4, -0.2) is 49.8 Å². The summed E-state index contributed by atoms with van der Waals surface area (Å²) in [4.78, 5) is 12.1. The molecule has 2 unspecified atom stereocenters. The van der Waals surface area contributed by atoms with E-state index in [2.05, 4.69) is 37.7 Å². The first-order valence-corrected chi connectivity index (χ1v) is 17.5. The fourth-order valence-corrected chi connectivity index (χ4v) is 11.3. The number of ether oxygens (including phenoxy) is 1. The van der Waals surface area contributed by atoms with Gasteiger partial charge >= 0.3 is 12.4 Å². The number of amides is 2. The summed E-state index contributed by atoms with van der Waals surface area (Å²) in [5.41, 5.74) is 0.0821. The van der Waals surface area contributed by atoms with Gasteiger partial charge in [0.1, 0.15) is 5.75 Å². The molecule has 4 aliphatic carbocycles.